The first-order valence-electron chi connectivity index (χ1n) is 8.79. The van der Waals surface area contributed by atoms with Crippen LogP contribution in [0.3, 0.4) is 0 Å². The van der Waals surface area contributed by atoms with E-state index in [9.17, 15) is 14.9 Å². The third-order valence-corrected chi connectivity index (χ3v) is 4.33. The van der Waals surface area contributed by atoms with Crippen LogP contribution in [0.15, 0.2) is 60.8 Å². The summed E-state index contributed by atoms with van der Waals surface area (Å²) in [5, 5.41) is 17.4. The monoisotopic (exact) mass is 392 g/mol. The van der Waals surface area contributed by atoms with E-state index in [0.29, 0.717) is 5.69 Å². The number of nitrogens with one attached hydrogen (secondary N) is 2. The summed E-state index contributed by atoms with van der Waals surface area (Å²) in [5.41, 5.74) is 6.04. The SMILES string of the molecule is CC(C)(Nc1ncc([N+](=O)[O-])c(Nc2ccccc2C(N)=O)n1)c1ccccc1. The highest BCUT2D eigenvalue weighted by Gasteiger charge is 2.24. The van der Waals surface area contributed by atoms with Gasteiger partial charge in [-0.15, -0.1) is 0 Å². The number of carbonyl (C=O) groups excluding carboxylic acids is 1. The number of carbonyl (C=O) groups is 1. The highest BCUT2D eigenvalue weighted by atomic mass is 16.6. The molecule has 0 bridgehead atoms. The van der Waals surface area contributed by atoms with Gasteiger partial charge in [-0.05, 0) is 31.5 Å². The van der Waals surface area contributed by atoms with Crippen molar-refractivity contribution in [2.45, 2.75) is 19.4 Å². The Balaban J connectivity index is 1.97. The maximum absolute atomic E-state index is 11.6. The second-order valence-corrected chi connectivity index (χ2v) is 6.84. The summed E-state index contributed by atoms with van der Waals surface area (Å²) in [4.78, 5) is 30.8. The van der Waals surface area contributed by atoms with Gasteiger partial charge in [-0.1, -0.05) is 42.5 Å². The van der Waals surface area contributed by atoms with Gasteiger partial charge >= 0.3 is 5.69 Å². The maximum Gasteiger partial charge on any atom is 0.329 e. The molecular weight excluding hydrogens is 372 g/mol. The zero-order valence-corrected chi connectivity index (χ0v) is 15.9. The molecule has 3 rings (SSSR count). The molecule has 9 heteroatoms. The maximum atomic E-state index is 11.6. The number of para-hydroxylation sites is 1. The van der Waals surface area contributed by atoms with Crippen molar-refractivity contribution >= 4 is 29.0 Å². The Morgan fingerprint density at radius 3 is 2.41 bits per heavy atom. The molecule has 0 aliphatic rings. The third-order valence-electron chi connectivity index (χ3n) is 4.33. The van der Waals surface area contributed by atoms with Crippen molar-refractivity contribution in [3.05, 3.63) is 82.0 Å². The standard InChI is InChI=1S/C20H20N6O3/c1-20(2,13-8-4-3-5-9-13)25-19-22-12-16(26(28)29)18(24-19)23-15-11-7-6-10-14(15)17(21)27/h3-12H,1-2H3,(H2,21,27)(H2,22,23,24,25). The molecule has 1 amide bonds. The number of rotatable bonds is 7. The lowest BCUT2D eigenvalue weighted by Crippen LogP contribution is -2.29. The van der Waals surface area contributed by atoms with Crippen molar-refractivity contribution in [2.24, 2.45) is 5.73 Å². The van der Waals surface area contributed by atoms with Crippen LogP contribution in [-0.2, 0) is 5.54 Å². The van der Waals surface area contributed by atoms with Gasteiger partial charge < -0.3 is 16.4 Å². The fourth-order valence-electron chi connectivity index (χ4n) is 2.80. The molecule has 29 heavy (non-hydrogen) atoms. The minimum absolute atomic E-state index is 0.0509. The van der Waals surface area contributed by atoms with Crippen molar-refractivity contribution < 1.29 is 9.72 Å². The Bertz CT molecular complexity index is 1050. The van der Waals surface area contributed by atoms with E-state index in [0.717, 1.165) is 11.8 Å². The highest BCUT2D eigenvalue weighted by molar-refractivity contribution is 5.99. The van der Waals surface area contributed by atoms with Gasteiger partial charge in [0.1, 0.15) is 6.20 Å². The summed E-state index contributed by atoms with van der Waals surface area (Å²) in [7, 11) is 0. The van der Waals surface area contributed by atoms with Gasteiger partial charge in [-0.3, -0.25) is 14.9 Å². The molecule has 0 saturated heterocycles. The van der Waals surface area contributed by atoms with Gasteiger partial charge in [0.2, 0.25) is 11.8 Å². The van der Waals surface area contributed by atoms with Crippen molar-refractivity contribution in [3.63, 3.8) is 0 Å². The molecule has 0 unspecified atom stereocenters. The Labute approximate surface area is 167 Å². The summed E-state index contributed by atoms with van der Waals surface area (Å²) in [6, 6.07) is 16.1. The number of benzene rings is 2. The van der Waals surface area contributed by atoms with Gasteiger partial charge in [0.15, 0.2) is 0 Å². The fraction of sp³-hybridized carbons (Fsp3) is 0.150. The van der Waals surface area contributed by atoms with Crippen LogP contribution >= 0.6 is 0 Å². The van der Waals surface area contributed by atoms with E-state index in [4.69, 9.17) is 5.73 Å². The van der Waals surface area contributed by atoms with E-state index < -0.39 is 16.4 Å². The smallest absolute Gasteiger partial charge is 0.329 e. The van der Waals surface area contributed by atoms with Gasteiger partial charge in [-0.25, -0.2) is 4.98 Å². The largest absolute Gasteiger partial charge is 0.366 e. The molecule has 3 aromatic rings. The van der Waals surface area contributed by atoms with Crippen LogP contribution in [-0.4, -0.2) is 20.8 Å². The van der Waals surface area contributed by atoms with E-state index in [2.05, 4.69) is 20.6 Å². The molecular formula is C20H20N6O3. The molecule has 0 saturated carbocycles. The molecule has 1 heterocycles. The number of primary amides is 1. The molecule has 4 N–H and O–H groups in total. The Morgan fingerprint density at radius 2 is 1.76 bits per heavy atom. The van der Waals surface area contributed by atoms with Crippen molar-refractivity contribution in [2.75, 3.05) is 10.6 Å². The second-order valence-electron chi connectivity index (χ2n) is 6.84. The molecule has 0 spiro atoms. The summed E-state index contributed by atoms with van der Waals surface area (Å²) >= 11 is 0. The van der Waals surface area contributed by atoms with Crippen molar-refractivity contribution in [3.8, 4) is 0 Å². The number of nitrogens with two attached hydrogens (primary N) is 1. The molecule has 1 aromatic heterocycles. The minimum Gasteiger partial charge on any atom is -0.366 e. The van der Waals surface area contributed by atoms with Crippen molar-refractivity contribution in [1.29, 1.82) is 0 Å². The summed E-state index contributed by atoms with van der Waals surface area (Å²) < 4.78 is 0. The number of nitrogens with zero attached hydrogens (tertiary/aromatic N) is 3. The average Bonchev–Trinajstić information content (AvgIpc) is 2.68. The molecule has 9 nitrogen and oxygen atoms in total. The predicted molar refractivity (Wildman–Crippen MR) is 110 cm³/mol. The lowest BCUT2D eigenvalue weighted by molar-refractivity contribution is -0.384. The number of anilines is 3. The lowest BCUT2D eigenvalue weighted by atomic mass is 9.95. The Hall–Kier alpha value is -4.01. The predicted octanol–water partition coefficient (Wildman–Crippen LogP) is 3.57. The van der Waals surface area contributed by atoms with Gasteiger partial charge in [0, 0.05) is 0 Å². The normalized spacial score (nSPS) is 11.0. The van der Waals surface area contributed by atoms with Gasteiger partial charge in [0.05, 0.1) is 21.7 Å². The van der Waals surface area contributed by atoms with Crippen LogP contribution in [0.2, 0.25) is 0 Å². The van der Waals surface area contributed by atoms with Crippen LogP contribution in [0.25, 0.3) is 0 Å². The molecule has 0 aliphatic heterocycles. The molecule has 0 radical (unpaired) electrons. The van der Waals surface area contributed by atoms with E-state index in [1.165, 1.54) is 6.07 Å². The van der Waals surface area contributed by atoms with E-state index in [-0.39, 0.29) is 23.0 Å². The Morgan fingerprint density at radius 1 is 1.10 bits per heavy atom. The fourth-order valence-corrected chi connectivity index (χ4v) is 2.80. The molecule has 0 fully saturated rings. The first-order valence-corrected chi connectivity index (χ1v) is 8.79. The number of hydrogen-bond donors (Lipinski definition) is 3. The van der Waals surface area contributed by atoms with Crippen LogP contribution in [0.5, 0.6) is 0 Å². The summed E-state index contributed by atoms with van der Waals surface area (Å²) in [5.74, 6) is -0.512. The van der Waals surface area contributed by atoms with E-state index in [1.54, 1.807) is 18.2 Å². The summed E-state index contributed by atoms with van der Waals surface area (Å²) in [6.07, 6.45) is 1.12. The number of amides is 1. The quantitative estimate of drug-likeness (QED) is 0.413. The van der Waals surface area contributed by atoms with Gasteiger partial charge in [0.25, 0.3) is 5.91 Å². The topological polar surface area (TPSA) is 136 Å². The zero-order chi connectivity index (χ0) is 21.0. The average molecular weight is 392 g/mol. The molecule has 0 atom stereocenters. The molecule has 2 aromatic carbocycles. The first kappa shape index (κ1) is 19.7. The highest BCUT2D eigenvalue weighted by Crippen LogP contribution is 2.30. The van der Waals surface area contributed by atoms with Gasteiger partial charge in [-0.2, -0.15) is 4.98 Å². The lowest BCUT2D eigenvalue weighted by Gasteiger charge is -2.27. The summed E-state index contributed by atoms with van der Waals surface area (Å²) in [6.45, 7) is 3.89. The minimum atomic E-state index is -0.659. The Kier molecular flexibility index (Phi) is 5.40. The third kappa shape index (κ3) is 4.46. The van der Waals surface area contributed by atoms with E-state index in [1.807, 2.05) is 44.2 Å². The zero-order valence-electron chi connectivity index (χ0n) is 15.9. The van der Waals surface area contributed by atoms with E-state index >= 15 is 0 Å². The van der Waals surface area contributed by atoms with Crippen LogP contribution in [0.4, 0.5) is 23.1 Å². The first-order chi connectivity index (χ1) is 13.8. The molecule has 0 aliphatic carbocycles. The molecule has 148 valence electrons. The van der Waals surface area contributed by atoms with Crippen LogP contribution < -0.4 is 16.4 Å². The number of nitro groups is 1. The van der Waals surface area contributed by atoms with Crippen LogP contribution in [0.1, 0.15) is 29.8 Å². The second kappa shape index (κ2) is 7.93. The van der Waals surface area contributed by atoms with Crippen molar-refractivity contribution in [1.82, 2.24) is 9.97 Å². The van der Waals surface area contributed by atoms with Crippen LogP contribution in [0, 0.1) is 10.1 Å². The number of aromatic nitrogens is 2. The number of hydrogen-bond acceptors (Lipinski definition) is 7.